The average molecular weight is 387 g/mol. The van der Waals surface area contributed by atoms with Gasteiger partial charge in [-0.2, -0.15) is 5.26 Å². The Kier molecular flexibility index (Phi) is 8.10. The molecule has 1 aromatic rings. The topological polar surface area (TPSA) is 95.3 Å². The summed E-state index contributed by atoms with van der Waals surface area (Å²) in [5.41, 5.74) is 0.443. The lowest BCUT2D eigenvalue weighted by Gasteiger charge is -2.23. The van der Waals surface area contributed by atoms with Gasteiger partial charge in [-0.05, 0) is 25.0 Å². The third-order valence-electron chi connectivity index (χ3n) is 4.26. The van der Waals surface area contributed by atoms with Gasteiger partial charge >= 0.3 is 5.97 Å². The Balaban J connectivity index is 0.00000156. The van der Waals surface area contributed by atoms with Crippen molar-refractivity contribution in [1.82, 2.24) is 15.2 Å². The zero-order valence-corrected chi connectivity index (χ0v) is 15.1. The van der Waals surface area contributed by atoms with Gasteiger partial charge in [0, 0.05) is 31.9 Å². The maximum absolute atomic E-state index is 12.5. The molecular formula is C16H20Cl2N4O3. The van der Waals surface area contributed by atoms with E-state index in [9.17, 15) is 9.59 Å². The summed E-state index contributed by atoms with van der Waals surface area (Å²) in [7, 11) is 0. The first-order valence-corrected chi connectivity index (χ1v) is 7.73. The van der Waals surface area contributed by atoms with Crippen molar-refractivity contribution in [2.24, 2.45) is 0 Å². The minimum absolute atomic E-state index is 0. The van der Waals surface area contributed by atoms with Gasteiger partial charge in [0.25, 0.3) is 0 Å². The van der Waals surface area contributed by atoms with Crippen molar-refractivity contribution in [3.8, 4) is 6.07 Å². The summed E-state index contributed by atoms with van der Waals surface area (Å²) in [4.78, 5) is 30.0. The number of nitrogens with one attached hydrogen (secondary N) is 1. The fraction of sp³-hybridized carbons (Fsp3) is 0.500. The van der Waals surface area contributed by atoms with Gasteiger partial charge in [0.15, 0.2) is 0 Å². The van der Waals surface area contributed by atoms with Gasteiger partial charge in [-0.25, -0.2) is 4.79 Å². The first-order valence-electron chi connectivity index (χ1n) is 7.73. The third-order valence-corrected chi connectivity index (χ3v) is 4.26. The Morgan fingerprint density at radius 3 is 2.72 bits per heavy atom. The number of nitriles is 1. The Morgan fingerprint density at radius 2 is 2.04 bits per heavy atom. The molecule has 0 aromatic carbocycles. The number of ether oxygens (including phenoxy) is 1. The maximum Gasteiger partial charge on any atom is 0.338 e. The molecule has 9 heteroatoms. The van der Waals surface area contributed by atoms with Gasteiger partial charge in [0.05, 0.1) is 17.7 Å². The second-order valence-electron chi connectivity index (χ2n) is 5.78. The second kappa shape index (κ2) is 9.56. The molecule has 3 atom stereocenters. The maximum atomic E-state index is 12.5. The lowest BCUT2D eigenvalue weighted by molar-refractivity contribution is -0.133. The Labute approximate surface area is 158 Å². The Morgan fingerprint density at radius 1 is 1.32 bits per heavy atom. The smallest absolute Gasteiger partial charge is 0.338 e. The molecule has 3 heterocycles. The molecule has 136 valence electrons. The molecule has 1 aromatic heterocycles. The van der Waals surface area contributed by atoms with Crippen LogP contribution < -0.4 is 5.32 Å². The zero-order valence-electron chi connectivity index (χ0n) is 13.5. The highest BCUT2D eigenvalue weighted by atomic mass is 35.5. The molecular weight excluding hydrogens is 367 g/mol. The van der Waals surface area contributed by atoms with Crippen LogP contribution in [0.3, 0.4) is 0 Å². The van der Waals surface area contributed by atoms with Crippen LogP contribution in [0.4, 0.5) is 0 Å². The first-order chi connectivity index (χ1) is 11.2. The van der Waals surface area contributed by atoms with Crippen molar-refractivity contribution in [3.63, 3.8) is 0 Å². The highest BCUT2D eigenvalue weighted by molar-refractivity contribution is 5.89. The number of carbonyl (C=O) groups is 2. The van der Waals surface area contributed by atoms with Gasteiger partial charge in [-0.1, -0.05) is 0 Å². The van der Waals surface area contributed by atoms with Gasteiger partial charge in [-0.3, -0.25) is 9.78 Å². The third kappa shape index (κ3) is 4.82. The van der Waals surface area contributed by atoms with Crippen LogP contribution in [0.5, 0.6) is 0 Å². The van der Waals surface area contributed by atoms with Crippen LogP contribution in [0.15, 0.2) is 24.5 Å². The van der Waals surface area contributed by atoms with Gasteiger partial charge < -0.3 is 15.0 Å². The molecule has 1 N–H and O–H groups in total. The predicted molar refractivity (Wildman–Crippen MR) is 94.7 cm³/mol. The van der Waals surface area contributed by atoms with Crippen LogP contribution in [0.2, 0.25) is 0 Å². The Bertz CT molecular complexity index is 638. The van der Waals surface area contributed by atoms with Crippen molar-refractivity contribution >= 4 is 36.7 Å². The van der Waals surface area contributed by atoms with E-state index in [0.717, 1.165) is 12.8 Å². The standard InChI is InChI=1S/C16H18N4O3.2ClH/c17-9-12-2-1-7-20(12)15(21)14-8-13(10-19-14)23-16(22)11-3-5-18-6-4-11;;/h3-6,12-14,19H,1-2,7-8,10H2;2*1H/t12?,13-,14-;;/m0../s1. The first kappa shape index (κ1) is 21.2. The number of rotatable bonds is 3. The number of esters is 1. The van der Waals surface area contributed by atoms with E-state index in [2.05, 4.69) is 16.4 Å². The molecule has 25 heavy (non-hydrogen) atoms. The molecule has 0 saturated carbocycles. The molecule has 2 aliphatic heterocycles. The molecule has 3 rings (SSSR count). The molecule has 0 spiro atoms. The lowest BCUT2D eigenvalue weighted by Crippen LogP contribution is -2.45. The molecule has 0 radical (unpaired) electrons. The van der Waals surface area contributed by atoms with Gasteiger partial charge in [0.2, 0.25) is 5.91 Å². The summed E-state index contributed by atoms with van der Waals surface area (Å²) in [6, 6.07) is 4.63. The highest BCUT2D eigenvalue weighted by Gasteiger charge is 2.38. The molecule has 7 nitrogen and oxygen atoms in total. The van der Waals surface area contributed by atoms with E-state index in [1.54, 1.807) is 17.0 Å². The number of aromatic nitrogens is 1. The van der Waals surface area contributed by atoms with E-state index >= 15 is 0 Å². The summed E-state index contributed by atoms with van der Waals surface area (Å²) in [6.45, 7) is 1.06. The van der Waals surface area contributed by atoms with Gasteiger partial charge in [0.1, 0.15) is 12.1 Å². The largest absolute Gasteiger partial charge is 0.457 e. The normalized spacial score (nSPS) is 24.6. The van der Waals surface area contributed by atoms with Crippen molar-refractivity contribution < 1.29 is 14.3 Å². The van der Waals surface area contributed by atoms with E-state index < -0.39 is 5.97 Å². The van der Waals surface area contributed by atoms with E-state index in [1.807, 2.05) is 0 Å². The predicted octanol–water partition coefficient (Wildman–Crippen LogP) is 1.33. The minimum Gasteiger partial charge on any atom is -0.457 e. The van der Waals surface area contributed by atoms with Crippen LogP contribution in [0.1, 0.15) is 29.6 Å². The number of halogens is 2. The monoisotopic (exact) mass is 386 g/mol. The molecule has 1 unspecified atom stereocenters. The van der Waals surface area contributed by atoms with Crippen molar-refractivity contribution in [2.75, 3.05) is 13.1 Å². The van der Waals surface area contributed by atoms with E-state index in [4.69, 9.17) is 10.00 Å². The fourth-order valence-corrected chi connectivity index (χ4v) is 3.05. The quantitative estimate of drug-likeness (QED) is 0.787. The number of pyridine rings is 1. The molecule has 2 fully saturated rings. The number of likely N-dealkylation sites (tertiary alicyclic amines) is 1. The van der Waals surface area contributed by atoms with Crippen LogP contribution in [0.25, 0.3) is 0 Å². The average Bonchev–Trinajstić information content (AvgIpc) is 3.24. The van der Waals surface area contributed by atoms with E-state index in [0.29, 0.717) is 25.1 Å². The summed E-state index contributed by atoms with van der Waals surface area (Å²) in [5.74, 6) is -0.486. The molecule has 0 bridgehead atoms. The number of nitrogens with zero attached hydrogens (tertiary/aromatic N) is 3. The zero-order chi connectivity index (χ0) is 16.2. The summed E-state index contributed by atoms with van der Waals surface area (Å²) in [6.07, 6.45) is 4.75. The van der Waals surface area contributed by atoms with Crippen LogP contribution in [-0.2, 0) is 9.53 Å². The van der Waals surface area contributed by atoms with E-state index in [1.165, 1.54) is 12.4 Å². The van der Waals surface area contributed by atoms with Crippen LogP contribution >= 0.6 is 24.8 Å². The number of amides is 1. The summed E-state index contributed by atoms with van der Waals surface area (Å²) >= 11 is 0. The van der Waals surface area contributed by atoms with E-state index in [-0.39, 0.29) is 48.9 Å². The molecule has 1 amide bonds. The molecule has 2 aliphatic rings. The summed E-state index contributed by atoms with van der Waals surface area (Å²) in [5, 5.41) is 12.2. The number of hydrogen-bond acceptors (Lipinski definition) is 6. The van der Waals surface area contributed by atoms with Crippen LogP contribution in [-0.4, -0.2) is 53.0 Å². The molecule has 2 saturated heterocycles. The SMILES string of the molecule is Cl.Cl.N#CC1CCCN1C(=O)[C@@H]1C[C@H](OC(=O)c2ccncc2)CN1. The van der Waals surface area contributed by atoms with Crippen molar-refractivity contribution in [3.05, 3.63) is 30.1 Å². The van der Waals surface area contributed by atoms with Crippen molar-refractivity contribution in [2.45, 2.75) is 37.5 Å². The highest BCUT2D eigenvalue weighted by Crippen LogP contribution is 2.21. The number of carbonyl (C=O) groups excluding carboxylic acids is 2. The number of hydrogen-bond donors (Lipinski definition) is 1. The lowest BCUT2D eigenvalue weighted by atomic mass is 10.1. The van der Waals surface area contributed by atoms with Crippen molar-refractivity contribution in [1.29, 1.82) is 5.26 Å². The molecule has 0 aliphatic carbocycles. The minimum atomic E-state index is -0.414. The Hall–Kier alpha value is -1.88. The second-order valence-corrected chi connectivity index (χ2v) is 5.78. The summed E-state index contributed by atoms with van der Waals surface area (Å²) < 4.78 is 5.43. The fourth-order valence-electron chi connectivity index (χ4n) is 3.05. The van der Waals surface area contributed by atoms with Gasteiger partial charge in [-0.15, -0.1) is 24.8 Å². The van der Waals surface area contributed by atoms with Crippen LogP contribution in [0, 0.1) is 11.3 Å².